The fraction of sp³-hybridized carbons (Fsp3) is 0. The smallest absolute Gasteiger partial charge is 0.348 e. The van der Waals surface area contributed by atoms with Gasteiger partial charge in [-0.15, -0.1) is 11.3 Å². The topological polar surface area (TPSA) is 86.5 Å². The lowest BCUT2D eigenvalue weighted by Gasteiger charge is -2.05. The second-order valence-electron chi connectivity index (χ2n) is 3.48. The van der Waals surface area contributed by atoms with Gasteiger partial charge < -0.3 is 9.92 Å². The molecule has 0 atom stereocenters. The summed E-state index contributed by atoms with van der Waals surface area (Å²) in [5.41, 5.74) is 5.36. The highest BCUT2D eigenvalue weighted by atomic mass is 79.9. The zero-order valence-corrected chi connectivity index (χ0v) is 12.6. The van der Waals surface area contributed by atoms with Crippen LogP contribution < -0.4 is 9.92 Å². The van der Waals surface area contributed by atoms with Gasteiger partial charge in [0, 0.05) is 5.56 Å². The van der Waals surface area contributed by atoms with Gasteiger partial charge in [-0.2, -0.15) is 8.42 Å². The maximum Gasteiger partial charge on any atom is 0.348 e. The van der Waals surface area contributed by atoms with E-state index in [1.807, 2.05) is 0 Å². The van der Waals surface area contributed by atoms with Crippen molar-refractivity contribution in [1.29, 1.82) is 0 Å². The van der Waals surface area contributed by atoms with Crippen LogP contribution in [0.2, 0.25) is 0 Å². The third-order valence-electron chi connectivity index (χ3n) is 2.14. The van der Waals surface area contributed by atoms with Crippen molar-refractivity contribution in [3.63, 3.8) is 0 Å². The highest BCUT2D eigenvalue weighted by Gasteiger charge is 2.19. The van der Waals surface area contributed by atoms with Crippen LogP contribution in [-0.2, 0) is 10.1 Å². The van der Waals surface area contributed by atoms with Gasteiger partial charge in [-0.3, -0.25) is 4.79 Å². The summed E-state index contributed by atoms with van der Waals surface area (Å²) in [5.74, 6) is -0.467. The third-order valence-corrected chi connectivity index (χ3v) is 5.46. The minimum Gasteiger partial charge on any atom is -0.378 e. The van der Waals surface area contributed by atoms with Gasteiger partial charge in [-0.1, -0.05) is 0 Å². The second-order valence-corrected chi connectivity index (χ2v) is 7.72. The average molecular weight is 362 g/mol. The molecule has 19 heavy (non-hydrogen) atoms. The predicted octanol–water partition coefficient (Wildman–Crippen LogP) is 2.38. The molecule has 1 aromatic carbocycles. The molecule has 2 rings (SSSR count). The second kappa shape index (κ2) is 5.32. The number of halogens is 1. The lowest BCUT2D eigenvalue weighted by Crippen LogP contribution is -2.11. The number of amides is 1. The number of carbonyl (C=O) groups is 1. The zero-order chi connectivity index (χ0) is 14.0. The molecule has 0 bridgehead atoms. The van der Waals surface area contributed by atoms with Crippen molar-refractivity contribution < 1.29 is 17.4 Å². The van der Waals surface area contributed by atoms with E-state index in [1.54, 1.807) is 6.07 Å². The van der Waals surface area contributed by atoms with E-state index in [0.29, 0.717) is 3.79 Å². The van der Waals surface area contributed by atoms with Gasteiger partial charge in [0.25, 0.3) is 0 Å². The number of thiophene rings is 1. The Kier molecular flexibility index (Phi) is 3.93. The Morgan fingerprint density at radius 1 is 1.16 bits per heavy atom. The maximum atomic E-state index is 11.9. The molecule has 1 heterocycles. The Morgan fingerprint density at radius 2 is 1.79 bits per heavy atom. The summed E-state index contributed by atoms with van der Waals surface area (Å²) in [4.78, 5) is 10.9. The molecule has 1 aromatic heterocycles. The van der Waals surface area contributed by atoms with Crippen LogP contribution in [0.1, 0.15) is 10.4 Å². The van der Waals surface area contributed by atoms with E-state index in [4.69, 9.17) is 9.92 Å². The number of hydrogen-bond acceptors (Lipinski definition) is 5. The first-order chi connectivity index (χ1) is 8.88. The van der Waals surface area contributed by atoms with Crippen molar-refractivity contribution in [2.45, 2.75) is 4.21 Å². The Morgan fingerprint density at radius 3 is 2.26 bits per heavy atom. The number of rotatable bonds is 4. The van der Waals surface area contributed by atoms with Crippen molar-refractivity contribution in [2.75, 3.05) is 0 Å². The molecular formula is C11H8BrNO4S2. The normalized spacial score (nSPS) is 11.2. The number of primary amides is 1. The molecule has 0 aliphatic heterocycles. The van der Waals surface area contributed by atoms with E-state index in [2.05, 4.69) is 15.9 Å². The van der Waals surface area contributed by atoms with Crippen LogP contribution >= 0.6 is 27.3 Å². The molecule has 0 unspecified atom stereocenters. The molecule has 0 saturated heterocycles. The van der Waals surface area contributed by atoms with E-state index in [0.717, 1.165) is 11.3 Å². The maximum absolute atomic E-state index is 11.9. The van der Waals surface area contributed by atoms with Crippen molar-refractivity contribution in [3.05, 3.63) is 45.7 Å². The largest absolute Gasteiger partial charge is 0.378 e. The van der Waals surface area contributed by atoms with Gasteiger partial charge in [0.05, 0.1) is 3.79 Å². The molecule has 0 aliphatic rings. The molecule has 100 valence electrons. The Hall–Kier alpha value is -1.38. The molecule has 0 spiro atoms. The fourth-order valence-electron chi connectivity index (χ4n) is 1.27. The van der Waals surface area contributed by atoms with E-state index < -0.39 is 16.0 Å². The molecule has 2 aromatic rings. The minimum atomic E-state index is -3.85. The van der Waals surface area contributed by atoms with Crippen molar-refractivity contribution in [2.24, 2.45) is 5.73 Å². The van der Waals surface area contributed by atoms with Crippen LogP contribution in [-0.4, -0.2) is 14.3 Å². The summed E-state index contributed by atoms with van der Waals surface area (Å²) in [6.07, 6.45) is 0. The molecule has 0 saturated carbocycles. The molecular weight excluding hydrogens is 354 g/mol. The van der Waals surface area contributed by atoms with Crippen LogP contribution in [0.15, 0.2) is 44.4 Å². The first-order valence-corrected chi connectivity index (χ1v) is 8.00. The SMILES string of the molecule is NC(=O)c1ccc(OS(=O)(=O)c2ccc(Br)s2)cc1. The summed E-state index contributed by atoms with van der Waals surface area (Å²) in [5, 5.41) is 0. The summed E-state index contributed by atoms with van der Waals surface area (Å²) in [7, 11) is -3.85. The van der Waals surface area contributed by atoms with Gasteiger partial charge in [-0.05, 0) is 52.3 Å². The van der Waals surface area contributed by atoms with Crippen LogP contribution in [0.5, 0.6) is 5.75 Å². The van der Waals surface area contributed by atoms with E-state index >= 15 is 0 Å². The monoisotopic (exact) mass is 361 g/mol. The van der Waals surface area contributed by atoms with Gasteiger partial charge in [0.15, 0.2) is 4.21 Å². The summed E-state index contributed by atoms with van der Waals surface area (Å²) < 4.78 is 29.6. The van der Waals surface area contributed by atoms with Gasteiger partial charge in [0.2, 0.25) is 5.91 Å². The Bertz CT molecular complexity index is 707. The van der Waals surface area contributed by atoms with Crippen molar-refractivity contribution in [3.8, 4) is 5.75 Å². The lowest BCUT2D eigenvalue weighted by atomic mass is 10.2. The van der Waals surface area contributed by atoms with Crippen LogP contribution in [0.25, 0.3) is 0 Å². The summed E-state index contributed by atoms with van der Waals surface area (Å²) in [6, 6.07) is 8.62. The van der Waals surface area contributed by atoms with Gasteiger partial charge in [-0.25, -0.2) is 0 Å². The number of nitrogens with two attached hydrogens (primary N) is 1. The lowest BCUT2D eigenvalue weighted by molar-refractivity contribution is 0.100. The number of benzene rings is 1. The molecule has 0 fully saturated rings. The van der Waals surface area contributed by atoms with E-state index in [1.165, 1.54) is 30.3 Å². The minimum absolute atomic E-state index is 0.0957. The molecule has 0 aliphatic carbocycles. The first kappa shape index (κ1) is 14.0. The highest BCUT2D eigenvalue weighted by molar-refractivity contribution is 9.11. The van der Waals surface area contributed by atoms with Gasteiger partial charge in [0.1, 0.15) is 5.75 Å². The third kappa shape index (κ3) is 3.34. The molecule has 8 heteroatoms. The number of hydrogen-bond donors (Lipinski definition) is 1. The predicted molar refractivity (Wildman–Crippen MR) is 74.8 cm³/mol. The van der Waals surface area contributed by atoms with Crippen LogP contribution in [0, 0.1) is 0 Å². The van der Waals surface area contributed by atoms with E-state index in [-0.39, 0.29) is 15.5 Å². The molecule has 5 nitrogen and oxygen atoms in total. The zero-order valence-electron chi connectivity index (χ0n) is 9.37. The van der Waals surface area contributed by atoms with Gasteiger partial charge >= 0.3 is 10.1 Å². The Balaban J connectivity index is 2.23. The average Bonchev–Trinajstić information content (AvgIpc) is 2.77. The van der Waals surface area contributed by atoms with Crippen LogP contribution in [0.3, 0.4) is 0 Å². The molecule has 1 amide bonds. The van der Waals surface area contributed by atoms with E-state index in [9.17, 15) is 13.2 Å². The first-order valence-electron chi connectivity index (χ1n) is 4.98. The fourth-order valence-corrected chi connectivity index (χ4v) is 4.18. The highest BCUT2D eigenvalue weighted by Crippen LogP contribution is 2.28. The quantitative estimate of drug-likeness (QED) is 0.846. The van der Waals surface area contributed by atoms with Crippen LogP contribution in [0.4, 0.5) is 0 Å². The molecule has 0 radical (unpaired) electrons. The standard InChI is InChI=1S/C11H8BrNO4S2/c12-9-5-6-10(18-9)19(15,16)17-8-3-1-7(2-4-8)11(13)14/h1-6H,(H2,13,14). The Labute approximate surface area is 122 Å². The number of carbonyl (C=O) groups excluding carboxylic acids is 1. The summed E-state index contributed by atoms with van der Waals surface area (Å²) >= 11 is 4.23. The summed E-state index contributed by atoms with van der Waals surface area (Å²) in [6.45, 7) is 0. The molecule has 2 N–H and O–H groups in total. The van der Waals surface area contributed by atoms with Crippen molar-refractivity contribution >= 4 is 43.3 Å². The van der Waals surface area contributed by atoms with Crippen molar-refractivity contribution in [1.82, 2.24) is 0 Å².